The molecule has 0 bridgehead atoms. The molecular formula is C32H48N2O10. The van der Waals surface area contributed by atoms with Gasteiger partial charge < -0.3 is 44.1 Å². The van der Waals surface area contributed by atoms with E-state index in [1.807, 2.05) is 19.9 Å². The van der Waals surface area contributed by atoms with Crippen LogP contribution in [0.3, 0.4) is 0 Å². The number of epoxide rings is 1. The third kappa shape index (κ3) is 9.45. The summed E-state index contributed by atoms with van der Waals surface area (Å²) in [6, 6.07) is -0.151. The Morgan fingerprint density at radius 3 is 2.57 bits per heavy atom. The van der Waals surface area contributed by atoms with E-state index >= 15 is 0 Å². The zero-order valence-corrected chi connectivity index (χ0v) is 26.2. The van der Waals surface area contributed by atoms with Gasteiger partial charge in [-0.05, 0) is 45.6 Å². The molecule has 12 nitrogen and oxygen atoms in total. The van der Waals surface area contributed by atoms with E-state index in [4.69, 9.17) is 28.8 Å². The first-order valence-electron chi connectivity index (χ1n) is 15.6. The summed E-state index contributed by atoms with van der Waals surface area (Å²) >= 11 is 0. The lowest BCUT2D eigenvalue weighted by Gasteiger charge is -2.39. The topological polar surface area (TPSA) is 156 Å². The fourth-order valence-corrected chi connectivity index (χ4v) is 5.92. The van der Waals surface area contributed by atoms with Crippen LogP contribution in [-0.2, 0) is 33.3 Å². The number of carbonyl (C=O) groups excluding carboxylic acids is 3. The lowest BCUT2D eigenvalue weighted by atomic mass is 9.87. The number of rotatable bonds is 11. The highest BCUT2D eigenvalue weighted by molar-refractivity contribution is 5.87. The number of hydrogen-bond donors (Lipinski definition) is 3. The van der Waals surface area contributed by atoms with Crippen molar-refractivity contribution in [3.63, 3.8) is 0 Å². The number of nitrogens with zero attached hydrogens (tertiary/aromatic N) is 1. The van der Waals surface area contributed by atoms with Crippen LogP contribution in [0.15, 0.2) is 36.0 Å². The van der Waals surface area contributed by atoms with Crippen LogP contribution in [0.2, 0.25) is 0 Å². The molecule has 1 spiro atoms. The van der Waals surface area contributed by atoms with Crippen molar-refractivity contribution >= 4 is 17.8 Å². The Hall–Kier alpha value is -2.61. The van der Waals surface area contributed by atoms with Crippen molar-refractivity contribution in [2.75, 3.05) is 39.5 Å². The Labute approximate surface area is 259 Å². The molecule has 9 atom stereocenters. The first kappa shape index (κ1) is 34.3. The van der Waals surface area contributed by atoms with E-state index in [-0.39, 0.29) is 42.3 Å². The number of aliphatic hydroxyl groups excluding tert-OH is 2. The molecule has 4 fully saturated rings. The normalized spacial score (nSPS) is 35.2. The molecule has 2 amide bonds. The summed E-state index contributed by atoms with van der Waals surface area (Å²) in [5.74, 6) is -0.367. The average molecular weight is 621 g/mol. The van der Waals surface area contributed by atoms with Crippen LogP contribution in [0.4, 0.5) is 4.79 Å². The summed E-state index contributed by atoms with van der Waals surface area (Å²) in [5, 5.41) is 22.9. The Morgan fingerprint density at radius 2 is 1.89 bits per heavy atom. The number of morpholine rings is 1. The third-order valence-corrected chi connectivity index (χ3v) is 8.76. The van der Waals surface area contributed by atoms with Gasteiger partial charge in [0.2, 0.25) is 5.91 Å². The van der Waals surface area contributed by atoms with E-state index in [9.17, 15) is 19.5 Å². The second-order valence-corrected chi connectivity index (χ2v) is 12.4. The molecule has 4 heterocycles. The largest absolute Gasteiger partial charge is 0.442 e. The molecule has 4 aliphatic rings. The van der Waals surface area contributed by atoms with Gasteiger partial charge in [-0.1, -0.05) is 30.7 Å². The maximum Gasteiger partial charge on any atom is 0.410 e. The van der Waals surface area contributed by atoms with Crippen molar-refractivity contribution in [3.8, 4) is 0 Å². The predicted molar refractivity (Wildman–Crippen MR) is 160 cm³/mol. The Morgan fingerprint density at radius 1 is 1.16 bits per heavy atom. The van der Waals surface area contributed by atoms with Gasteiger partial charge in [-0.3, -0.25) is 9.59 Å². The van der Waals surface area contributed by atoms with E-state index in [0.717, 1.165) is 12.0 Å². The van der Waals surface area contributed by atoms with Crippen molar-refractivity contribution in [2.45, 2.75) is 102 Å². The quantitative estimate of drug-likeness (QED) is 0.177. The van der Waals surface area contributed by atoms with Gasteiger partial charge in [-0.15, -0.1) is 0 Å². The van der Waals surface area contributed by atoms with Gasteiger partial charge in [0.25, 0.3) is 0 Å². The minimum Gasteiger partial charge on any atom is -0.442 e. The van der Waals surface area contributed by atoms with E-state index in [1.165, 1.54) is 6.08 Å². The molecule has 3 N–H and O–H groups in total. The van der Waals surface area contributed by atoms with Crippen LogP contribution in [0, 0.1) is 5.92 Å². The zero-order chi connectivity index (χ0) is 31.9. The van der Waals surface area contributed by atoms with Crippen LogP contribution >= 0.6 is 0 Å². The molecular weight excluding hydrogens is 572 g/mol. The molecule has 12 heteroatoms. The second-order valence-electron chi connectivity index (χ2n) is 12.4. The fourth-order valence-electron chi connectivity index (χ4n) is 5.92. The number of nitrogens with one attached hydrogen (secondary N) is 1. The maximum absolute atomic E-state index is 12.6. The van der Waals surface area contributed by atoms with Gasteiger partial charge in [0, 0.05) is 32.0 Å². The fraction of sp³-hybridized carbons (Fsp3) is 0.719. The summed E-state index contributed by atoms with van der Waals surface area (Å²) in [5.41, 5.74) is 0.301. The first-order chi connectivity index (χ1) is 21.0. The zero-order valence-electron chi connectivity index (χ0n) is 26.2. The highest BCUT2D eigenvalue weighted by Crippen LogP contribution is 2.43. The van der Waals surface area contributed by atoms with Gasteiger partial charge in [-0.2, -0.15) is 0 Å². The molecule has 4 rings (SSSR count). The summed E-state index contributed by atoms with van der Waals surface area (Å²) in [4.78, 5) is 38.2. The summed E-state index contributed by atoms with van der Waals surface area (Å²) in [7, 11) is 0. The molecule has 44 heavy (non-hydrogen) atoms. The Kier molecular flexibility index (Phi) is 12.1. The summed E-state index contributed by atoms with van der Waals surface area (Å²) in [6.07, 6.45) is 7.67. The molecule has 0 aromatic heterocycles. The maximum atomic E-state index is 12.6. The molecule has 0 aromatic carbocycles. The lowest BCUT2D eigenvalue weighted by Crippen LogP contribution is -2.50. The number of ether oxygens (including phenoxy) is 5. The number of aliphatic hydroxyl groups is 2. The Balaban J connectivity index is 1.22. The molecule has 1 unspecified atom stereocenters. The number of Topliss-reactive ketones (excluding diaryl/α,β-unsaturated/α-hetero) is 1. The monoisotopic (exact) mass is 620 g/mol. The molecule has 4 aliphatic heterocycles. The van der Waals surface area contributed by atoms with Crippen molar-refractivity contribution in [1.29, 1.82) is 0 Å². The van der Waals surface area contributed by atoms with Crippen LogP contribution in [0.25, 0.3) is 0 Å². The van der Waals surface area contributed by atoms with Gasteiger partial charge in [0.05, 0.1) is 44.2 Å². The molecule has 246 valence electrons. The van der Waals surface area contributed by atoms with Crippen molar-refractivity contribution < 1.29 is 48.3 Å². The van der Waals surface area contributed by atoms with E-state index in [2.05, 4.69) is 18.3 Å². The Bertz CT molecular complexity index is 1100. The number of amides is 2. The minimum absolute atomic E-state index is 0.0230. The van der Waals surface area contributed by atoms with Crippen molar-refractivity contribution in [3.05, 3.63) is 36.0 Å². The molecule has 0 aromatic rings. The van der Waals surface area contributed by atoms with Gasteiger partial charge in [-0.25, -0.2) is 4.79 Å². The van der Waals surface area contributed by atoms with Crippen molar-refractivity contribution in [2.24, 2.45) is 5.92 Å². The average Bonchev–Trinajstić information content (AvgIpc) is 3.78. The third-order valence-electron chi connectivity index (χ3n) is 8.76. The standard InChI is InChI=1S/C32H48N2O10/c1-20(6-9-28-30(38)32(19-41-32)17-25(44-28)16-24(36)18-35)5-8-27-21(2)15-26(23(4)43-27)33-29(37)10-7-22(3)42-31(39)34-11-13-40-14-12-34/h5-7,9-10,21-23,25-28,30,35,38H,8,11-19H2,1-4H3,(H,33,37)/b9-6+,10-7-,20-5+/t21-,22-,23+,25+,26+,27-,28?,30+,32+/m0/s1. The van der Waals surface area contributed by atoms with E-state index in [1.54, 1.807) is 24.0 Å². The second kappa shape index (κ2) is 15.6. The highest BCUT2D eigenvalue weighted by Gasteiger charge is 2.58. The van der Waals surface area contributed by atoms with Gasteiger partial charge in [0.15, 0.2) is 5.78 Å². The van der Waals surface area contributed by atoms with Crippen LogP contribution in [-0.4, -0.2) is 121 Å². The smallest absolute Gasteiger partial charge is 0.410 e. The SMILES string of the molecule is CC(/C=C/C1O[C@H](CC(=O)CO)C[C@@]2(CO2)[C@@H]1O)=C\C[C@@H]1O[C@H](C)[C@H](NC(=O)/C=C\[C@H](C)OC(=O)N2CCOCC2)C[C@@H]1C. The minimum atomic E-state index is -0.829. The number of hydrogen-bond acceptors (Lipinski definition) is 10. The highest BCUT2D eigenvalue weighted by atomic mass is 16.6. The van der Waals surface area contributed by atoms with Crippen LogP contribution < -0.4 is 5.32 Å². The van der Waals surface area contributed by atoms with Gasteiger partial charge in [0.1, 0.15) is 30.5 Å². The lowest BCUT2D eigenvalue weighted by molar-refractivity contribution is -0.145. The summed E-state index contributed by atoms with van der Waals surface area (Å²) < 4.78 is 28.5. The molecule has 0 radical (unpaired) electrons. The molecule has 4 saturated heterocycles. The first-order valence-corrected chi connectivity index (χ1v) is 15.6. The van der Waals surface area contributed by atoms with Crippen LogP contribution in [0.1, 0.15) is 53.4 Å². The van der Waals surface area contributed by atoms with Crippen molar-refractivity contribution in [1.82, 2.24) is 10.2 Å². The van der Waals surface area contributed by atoms with E-state index < -0.39 is 42.7 Å². The predicted octanol–water partition coefficient (Wildman–Crippen LogP) is 1.83. The van der Waals surface area contributed by atoms with Crippen LogP contribution in [0.5, 0.6) is 0 Å². The molecule has 0 saturated carbocycles. The summed E-state index contributed by atoms with van der Waals surface area (Å²) in [6.45, 7) is 9.60. The number of allylic oxidation sites excluding steroid dienone is 2. The number of carbonyl (C=O) groups is 3. The molecule has 0 aliphatic carbocycles. The van der Waals surface area contributed by atoms with Gasteiger partial charge >= 0.3 is 6.09 Å². The van der Waals surface area contributed by atoms with E-state index in [0.29, 0.717) is 45.8 Å². The number of ketones is 1.